The van der Waals surface area contributed by atoms with Crippen LogP contribution in [0.25, 0.3) is 0 Å². The third-order valence-electron chi connectivity index (χ3n) is 4.60. The van der Waals surface area contributed by atoms with Gasteiger partial charge < -0.3 is 17.6 Å². The monoisotopic (exact) mass is 368 g/mol. The number of nitrogens with zero attached hydrogens (tertiary/aromatic N) is 2. The Labute approximate surface area is 162 Å². The summed E-state index contributed by atoms with van der Waals surface area (Å²) in [5.74, 6) is -0.0243. The highest BCUT2D eigenvalue weighted by Gasteiger charge is 2.29. The molecule has 2 rings (SSSR count). The van der Waals surface area contributed by atoms with E-state index in [-0.39, 0.29) is 11.2 Å². The number of Topliss-reactive ketones (excluding diaryl/α,β-unsaturated/α-hetero) is 1. The van der Waals surface area contributed by atoms with Crippen LogP contribution in [0.15, 0.2) is 47.7 Å². The van der Waals surface area contributed by atoms with E-state index in [1.54, 1.807) is 0 Å². The van der Waals surface area contributed by atoms with Crippen LogP contribution < -0.4 is 4.57 Å². The van der Waals surface area contributed by atoms with Gasteiger partial charge in [-0.3, -0.25) is 4.79 Å². The number of ketones is 1. The molecule has 1 unspecified atom stereocenters. The van der Waals surface area contributed by atoms with E-state index in [1.165, 1.54) is 11.1 Å². The molecule has 0 bridgehead atoms. The SMILES string of the molecule is CCN=C([S-])C(C(=O)c1ccc(C)c(C)c1)[n+]1ccc(C(C)(C)C)cc1. The number of carbonyl (C=O) groups excluding carboxylic acids is 1. The molecule has 2 aromatic rings. The largest absolute Gasteiger partial charge is 0.758 e. The van der Waals surface area contributed by atoms with Crippen molar-refractivity contribution in [1.29, 1.82) is 0 Å². The Hall–Kier alpha value is -2.07. The molecular weight excluding hydrogens is 340 g/mol. The minimum atomic E-state index is -0.596. The van der Waals surface area contributed by atoms with Crippen molar-refractivity contribution in [2.24, 2.45) is 4.99 Å². The topological polar surface area (TPSA) is 33.3 Å². The van der Waals surface area contributed by atoms with Crippen molar-refractivity contribution in [3.63, 3.8) is 0 Å². The van der Waals surface area contributed by atoms with Gasteiger partial charge in [-0.1, -0.05) is 32.9 Å². The Morgan fingerprint density at radius 2 is 1.73 bits per heavy atom. The van der Waals surface area contributed by atoms with Gasteiger partial charge in [-0.05, 0) is 54.0 Å². The highest BCUT2D eigenvalue weighted by Crippen LogP contribution is 2.21. The van der Waals surface area contributed by atoms with Gasteiger partial charge in [0.15, 0.2) is 12.4 Å². The van der Waals surface area contributed by atoms with Gasteiger partial charge in [0, 0.05) is 24.2 Å². The molecule has 1 aromatic heterocycles. The summed E-state index contributed by atoms with van der Waals surface area (Å²) in [7, 11) is 0. The molecule has 0 radical (unpaired) electrons. The molecule has 0 N–H and O–H groups in total. The molecule has 0 spiro atoms. The molecule has 1 atom stereocenters. The minimum absolute atomic E-state index is 0.0243. The molecule has 0 aliphatic rings. The number of hydrogen-bond donors (Lipinski definition) is 0. The summed E-state index contributed by atoms with van der Waals surface area (Å²) in [5, 5.41) is 0.421. The number of carbonyl (C=O) groups is 1. The molecule has 0 fully saturated rings. The second-order valence-corrected chi connectivity index (χ2v) is 8.08. The third-order valence-corrected chi connectivity index (χ3v) is 4.96. The van der Waals surface area contributed by atoms with Crippen LogP contribution in [-0.2, 0) is 18.0 Å². The number of aryl methyl sites for hydroxylation is 2. The quantitative estimate of drug-likeness (QED) is 0.259. The van der Waals surface area contributed by atoms with Crippen LogP contribution in [0, 0.1) is 13.8 Å². The van der Waals surface area contributed by atoms with Crippen LogP contribution in [0.4, 0.5) is 0 Å². The Bertz CT molecular complexity index is 817. The summed E-state index contributed by atoms with van der Waals surface area (Å²) in [6, 6.07) is 9.29. The number of rotatable bonds is 5. The summed E-state index contributed by atoms with van der Waals surface area (Å²) in [5.41, 5.74) is 4.20. The van der Waals surface area contributed by atoms with Gasteiger partial charge in [-0.25, -0.2) is 0 Å². The van der Waals surface area contributed by atoms with Crippen molar-refractivity contribution in [1.82, 2.24) is 0 Å². The first-order chi connectivity index (χ1) is 12.1. The molecule has 4 heteroatoms. The van der Waals surface area contributed by atoms with Crippen LogP contribution in [0.5, 0.6) is 0 Å². The van der Waals surface area contributed by atoms with Crippen molar-refractivity contribution in [2.45, 2.75) is 53.0 Å². The zero-order chi connectivity index (χ0) is 19.5. The van der Waals surface area contributed by atoms with E-state index in [0.29, 0.717) is 17.2 Å². The molecule has 26 heavy (non-hydrogen) atoms. The summed E-state index contributed by atoms with van der Waals surface area (Å²) < 4.78 is 1.87. The highest BCUT2D eigenvalue weighted by atomic mass is 32.1. The molecule has 0 aliphatic heterocycles. The molecule has 1 heterocycles. The Balaban J connectivity index is 2.48. The Morgan fingerprint density at radius 3 is 2.23 bits per heavy atom. The first-order valence-electron chi connectivity index (χ1n) is 8.99. The lowest BCUT2D eigenvalue weighted by Crippen LogP contribution is -2.48. The van der Waals surface area contributed by atoms with Crippen LogP contribution in [0.2, 0.25) is 0 Å². The second kappa shape index (κ2) is 8.09. The summed E-state index contributed by atoms with van der Waals surface area (Å²) >= 11 is 5.49. The fraction of sp³-hybridized carbons (Fsp3) is 0.409. The van der Waals surface area contributed by atoms with E-state index < -0.39 is 6.04 Å². The Kier molecular flexibility index (Phi) is 6.30. The van der Waals surface area contributed by atoms with Crippen LogP contribution in [-0.4, -0.2) is 17.4 Å². The van der Waals surface area contributed by atoms with E-state index >= 15 is 0 Å². The molecule has 0 amide bonds. The number of benzene rings is 1. The molecule has 138 valence electrons. The van der Waals surface area contributed by atoms with E-state index in [9.17, 15) is 4.79 Å². The second-order valence-electron chi connectivity index (χ2n) is 7.66. The fourth-order valence-electron chi connectivity index (χ4n) is 2.78. The average Bonchev–Trinajstić information content (AvgIpc) is 2.57. The average molecular weight is 369 g/mol. The summed E-state index contributed by atoms with van der Waals surface area (Å²) in [4.78, 5) is 17.6. The fourth-order valence-corrected chi connectivity index (χ4v) is 3.14. The van der Waals surface area contributed by atoms with Gasteiger partial charge in [0.05, 0.1) is 0 Å². The van der Waals surface area contributed by atoms with Gasteiger partial charge in [-0.2, -0.15) is 4.57 Å². The van der Waals surface area contributed by atoms with Crippen molar-refractivity contribution in [2.75, 3.05) is 6.54 Å². The zero-order valence-corrected chi connectivity index (χ0v) is 17.4. The lowest BCUT2D eigenvalue weighted by Gasteiger charge is -2.21. The molecule has 0 saturated carbocycles. The highest BCUT2D eigenvalue weighted by molar-refractivity contribution is 7.77. The molecule has 0 saturated heterocycles. The predicted octanol–water partition coefficient (Wildman–Crippen LogP) is 4.28. The van der Waals surface area contributed by atoms with E-state index in [1.807, 2.05) is 55.9 Å². The van der Waals surface area contributed by atoms with Gasteiger partial charge >= 0.3 is 0 Å². The predicted molar refractivity (Wildman–Crippen MR) is 110 cm³/mol. The number of aliphatic imine (C=N–C) groups is 1. The lowest BCUT2D eigenvalue weighted by molar-refractivity contribution is -0.692. The standard InChI is InChI=1S/C22H28N2OS/c1-7-23-21(26)19(20(25)17-9-8-15(2)16(3)14-17)24-12-10-18(11-13-24)22(4,5)6/h8-14,19H,7H2,1-6H3. The Morgan fingerprint density at radius 1 is 1.12 bits per heavy atom. The van der Waals surface area contributed by atoms with Crippen LogP contribution in [0.3, 0.4) is 0 Å². The van der Waals surface area contributed by atoms with Gasteiger partial charge in [-0.15, -0.1) is 0 Å². The maximum absolute atomic E-state index is 13.2. The summed E-state index contributed by atoms with van der Waals surface area (Å²) in [6.45, 7) is 13.1. The van der Waals surface area contributed by atoms with Crippen molar-refractivity contribution < 1.29 is 9.36 Å². The number of aromatic nitrogens is 1. The minimum Gasteiger partial charge on any atom is -0.758 e. The number of hydrogen-bond acceptors (Lipinski definition) is 3. The maximum Gasteiger partial charge on any atom is 0.237 e. The van der Waals surface area contributed by atoms with Crippen molar-refractivity contribution in [3.8, 4) is 0 Å². The van der Waals surface area contributed by atoms with Crippen molar-refractivity contribution >= 4 is 23.5 Å². The van der Waals surface area contributed by atoms with Crippen molar-refractivity contribution in [3.05, 3.63) is 65.0 Å². The lowest BCUT2D eigenvalue weighted by atomic mass is 9.88. The van der Waals surface area contributed by atoms with Crippen LogP contribution >= 0.6 is 0 Å². The molecule has 3 nitrogen and oxygen atoms in total. The normalized spacial score (nSPS) is 13.5. The van der Waals surface area contributed by atoms with Gasteiger partial charge in [0.1, 0.15) is 0 Å². The molecular formula is C22H28N2OS. The smallest absolute Gasteiger partial charge is 0.237 e. The molecule has 0 aliphatic carbocycles. The molecule has 1 aromatic carbocycles. The number of pyridine rings is 1. The van der Waals surface area contributed by atoms with Gasteiger partial charge in [0.25, 0.3) is 0 Å². The first-order valence-corrected chi connectivity index (χ1v) is 9.40. The van der Waals surface area contributed by atoms with E-state index in [0.717, 1.165) is 5.56 Å². The van der Waals surface area contributed by atoms with Crippen LogP contribution in [0.1, 0.15) is 60.8 Å². The maximum atomic E-state index is 13.2. The van der Waals surface area contributed by atoms with E-state index in [2.05, 4.69) is 37.9 Å². The van der Waals surface area contributed by atoms with E-state index in [4.69, 9.17) is 12.6 Å². The summed E-state index contributed by atoms with van der Waals surface area (Å²) in [6.07, 6.45) is 3.86. The zero-order valence-electron chi connectivity index (χ0n) is 16.5. The third kappa shape index (κ3) is 4.55. The first kappa shape index (κ1) is 20.2. The van der Waals surface area contributed by atoms with Gasteiger partial charge in [0.2, 0.25) is 11.8 Å².